The number of anilines is 2. The van der Waals surface area contributed by atoms with E-state index < -0.39 is 0 Å². The maximum Gasteiger partial charge on any atom is 0.259 e. The third-order valence-corrected chi connectivity index (χ3v) is 6.72. The maximum absolute atomic E-state index is 12.9. The van der Waals surface area contributed by atoms with Gasteiger partial charge < -0.3 is 19.6 Å². The summed E-state index contributed by atoms with van der Waals surface area (Å²) in [5, 5.41) is 6.96. The first-order valence-corrected chi connectivity index (χ1v) is 11.6. The number of carbonyl (C=O) groups excluding carboxylic acids is 3. The molecule has 1 N–H and O–H groups in total. The molecule has 0 saturated carbocycles. The van der Waals surface area contributed by atoms with E-state index in [4.69, 9.17) is 4.52 Å². The minimum atomic E-state index is -0.304. The smallest absolute Gasteiger partial charge is 0.259 e. The zero-order valence-corrected chi connectivity index (χ0v) is 19.4. The first-order valence-electron chi connectivity index (χ1n) is 11.6. The number of nitrogens with zero attached hydrogens (tertiary/aromatic N) is 5. The highest BCUT2D eigenvalue weighted by Crippen LogP contribution is 2.35. The van der Waals surface area contributed by atoms with Crippen molar-refractivity contribution in [2.45, 2.75) is 38.0 Å². The Morgan fingerprint density at radius 2 is 1.86 bits per heavy atom. The molecule has 180 valence electrons. The van der Waals surface area contributed by atoms with E-state index in [2.05, 4.69) is 27.4 Å². The summed E-state index contributed by atoms with van der Waals surface area (Å²) >= 11 is 0. The summed E-state index contributed by atoms with van der Waals surface area (Å²) in [6, 6.07) is 10.8. The Bertz CT molecular complexity index is 1250. The number of para-hydroxylation sites is 2. The number of rotatable bonds is 5. The molecule has 1 saturated heterocycles. The van der Waals surface area contributed by atoms with Gasteiger partial charge in [-0.3, -0.25) is 19.4 Å². The lowest BCUT2D eigenvalue weighted by Crippen LogP contribution is -2.45. The van der Waals surface area contributed by atoms with E-state index in [1.54, 1.807) is 35.5 Å². The fraction of sp³-hybridized carbons (Fsp3) is 0.360. The minimum absolute atomic E-state index is 0.0438. The predicted octanol–water partition coefficient (Wildman–Crippen LogP) is 2.78. The quantitative estimate of drug-likeness (QED) is 0.603. The molecule has 10 nitrogen and oxygen atoms in total. The average Bonchev–Trinajstić information content (AvgIpc) is 3.39. The van der Waals surface area contributed by atoms with Crippen LogP contribution in [0.4, 0.5) is 11.4 Å². The molecule has 0 atom stereocenters. The van der Waals surface area contributed by atoms with Crippen LogP contribution in [0.2, 0.25) is 0 Å². The first kappa shape index (κ1) is 22.7. The highest BCUT2D eigenvalue weighted by Gasteiger charge is 2.37. The monoisotopic (exact) mass is 474 g/mol. The van der Waals surface area contributed by atoms with Gasteiger partial charge in [0.25, 0.3) is 5.89 Å². The molecule has 2 aliphatic rings. The van der Waals surface area contributed by atoms with Gasteiger partial charge >= 0.3 is 0 Å². The van der Waals surface area contributed by atoms with E-state index in [0.29, 0.717) is 49.0 Å². The van der Waals surface area contributed by atoms with Crippen molar-refractivity contribution in [3.63, 3.8) is 0 Å². The average molecular weight is 475 g/mol. The SMILES string of the molecule is CC1(c2noc(-c3cccnc3)n2)CCN(C(=O)CCC(=O)N2CC(=O)Nc3ccccc32)CC1. The highest BCUT2D eigenvalue weighted by atomic mass is 16.5. The van der Waals surface area contributed by atoms with E-state index in [0.717, 1.165) is 5.56 Å². The number of nitrogens with one attached hydrogen (secondary N) is 1. The lowest BCUT2D eigenvalue weighted by Gasteiger charge is -2.37. The predicted molar refractivity (Wildman–Crippen MR) is 127 cm³/mol. The molecule has 1 fully saturated rings. The standard InChI is InChI=1S/C25H26N6O4/c1-25(24-28-23(35-29-24)17-5-4-12-26-15-17)10-13-30(14-11-25)21(33)8-9-22(34)31-16-20(32)27-18-6-2-3-7-19(18)31/h2-7,12,15H,8-11,13-14,16H2,1H3,(H,27,32). The van der Waals surface area contributed by atoms with Crippen LogP contribution in [0, 0.1) is 0 Å². The number of pyridine rings is 1. The molecule has 0 bridgehead atoms. The normalized spacial score (nSPS) is 17.0. The number of hydrogen-bond acceptors (Lipinski definition) is 7. The summed E-state index contributed by atoms with van der Waals surface area (Å²) in [5.41, 5.74) is 1.72. The summed E-state index contributed by atoms with van der Waals surface area (Å²) in [4.78, 5) is 49.6. The molecule has 5 rings (SSSR count). The number of aromatic nitrogens is 3. The zero-order chi connectivity index (χ0) is 24.4. The zero-order valence-electron chi connectivity index (χ0n) is 19.4. The van der Waals surface area contributed by atoms with Crippen molar-refractivity contribution < 1.29 is 18.9 Å². The van der Waals surface area contributed by atoms with Crippen molar-refractivity contribution in [3.8, 4) is 11.5 Å². The Balaban J connectivity index is 1.16. The van der Waals surface area contributed by atoms with Crippen LogP contribution >= 0.6 is 0 Å². The summed E-state index contributed by atoms with van der Waals surface area (Å²) < 4.78 is 5.45. The number of fused-ring (bicyclic) bond motifs is 1. The van der Waals surface area contributed by atoms with Crippen LogP contribution in [0.1, 0.15) is 38.4 Å². The highest BCUT2D eigenvalue weighted by molar-refractivity contribution is 6.10. The molecule has 0 radical (unpaired) electrons. The summed E-state index contributed by atoms with van der Waals surface area (Å²) in [7, 11) is 0. The second kappa shape index (κ2) is 9.28. The summed E-state index contributed by atoms with van der Waals surface area (Å²) in [6.45, 7) is 3.14. The van der Waals surface area contributed by atoms with E-state index in [9.17, 15) is 14.4 Å². The number of amides is 3. The number of hydrogen-bond donors (Lipinski definition) is 1. The second-order valence-electron chi connectivity index (χ2n) is 9.15. The molecule has 10 heteroatoms. The Morgan fingerprint density at radius 3 is 2.63 bits per heavy atom. The van der Waals surface area contributed by atoms with Gasteiger partial charge in [0.05, 0.1) is 16.9 Å². The van der Waals surface area contributed by atoms with Crippen molar-refractivity contribution in [2.24, 2.45) is 0 Å². The van der Waals surface area contributed by atoms with Gasteiger partial charge in [0.15, 0.2) is 5.82 Å². The molecule has 35 heavy (non-hydrogen) atoms. The van der Waals surface area contributed by atoms with Crippen molar-refractivity contribution >= 4 is 29.1 Å². The third kappa shape index (κ3) is 4.64. The van der Waals surface area contributed by atoms with Crippen molar-refractivity contribution in [1.82, 2.24) is 20.0 Å². The molecule has 0 aliphatic carbocycles. The van der Waals surface area contributed by atoms with Crippen molar-refractivity contribution in [2.75, 3.05) is 29.9 Å². The number of benzene rings is 1. The van der Waals surface area contributed by atoms with Crippen molar-refractivity contribution in [3.05, 3.63) is 54.6 Å². The van der Waals surface area contributed by atoms with E-state index in [-0.39, 0.29) is 42.5 Å². The molecule has 0 unspecified atom stereocenters. The molecule has 2 aromatic heterocycles. The maximum atomic E-state index is 12.9. The Labute approximate surface area is 202 Å². The fourth-order valence-corrected chi connectivity index (χ4v) is 4.51. The minimum Gasteiger partial charge on any atom is -0.343 e. The van der Waals surface area contributed by atoms with Crippen LogP contribution < -0.4 is 10.2 Å². The lowest BCUT2D eigenvalue weighted by atomic mass is 9.79. The Hall–Kier alpha value is -4.08. The topological polar surface area (TPSA) is 122 Å². The van der Waals surface area contributed by atoms with Gasteiger partial charge in [-0.05, 0) is 37.1 Å². The van der Waals surface area contributed by atoms with E-state index in [1.807, 2.05) is 18.2 Å². The van der Waals surface area contributed by atoms with Gasteiger partial charge in [0.1, 0.15) is 6.54 Å². The largest absolute Gasteiger partial charge is 0.343 e. The van der Waals surface area contributed by atoms with E-state index in [1.165, 1.54) is 4.90 Å². The first-order chi connectivity index (χ1) is 16.9. The van der Waals surface area contributed by atoms with Gasteiger partial charge in [-0.2, -0.15) is 4.98 Å². The molecule has 4 heterocycles. The number of likely N-dealkylation sites (tertiary alicyclic amines) is 1. The van der Waals surface area contributed by atoms with Crippen LogP contribution in [0.15, 0.2) is 53.3 Å². The van der Waals surface area contributed by atoms with Crippen molar-refractivity contribution in [1.29, 1.82) is 0 Å². The Kier molecular flexibility index (Phi) is 6.02. The van der Waals surface area contributed by atoms with Gasteiger partial charge in [0.2, 0.25) is 17.7 Å². The molecule has 2 aliphatic heterocycles. The van der Waals surface area contributed by atoms with Gasteiger partial charge in [-0.25, -0.2) is 0 Å². The van der Waals surface area contributed by atoms with Crippen LogP contribution in [0.5, 0.6) is 0 Å². The van der Waals surface area contributed by atoms with Gasteiger partial charge in [-0.15, -0.1) is 0 Å². The van der Waals surface area contributed by atoms with E-state index >= 15 is 0 Å². The number of piperidine rings is 1. The van der Waals surface area contributed by atoms with Gasteiger partial charge in [0, 0.05) is 43.7 Å². The summed E-state index contributed by atoms with van der Waals surface area (Å²) in [5.74, 6) is 0.503. The Morgan fingerprint density at radius 1 is 1.09 bits per heavy atom. The lowest BCUT2D eigenvalue weighted by molar-refractivity contribution is -0.134. The number of carbonyl (C=O) groups is 3. The molecular formula is C25H26N6O4. The van der Waals surface area contributed by atoms with Crippen LogP contribution in [-0.4, -0.2) is 57.4 Å². The second-order valence-corrected chi connectivity index (χ2v) is 9.15. The van der Waals surface area contributed by atoms with Crippen LogP contribution in [0.3, 0.4) is 0 Å². The fourth-order valence-electron chi connectivity index (χ4n) is 4.51. The molecule has 3 amide bonds. The molecule has 3 aromatic rings. The third-order valence-electron chi connectivity index (χ3n) is 6.72. The molecule has 0 spiro atoms. The molecule has 1 aromatic carbocycles. The summed E-state index contributed by atoms with van der Waals surface area (Å²) in [6.07, 6.45) is 4.90. The molecular weight excluding hydrogens is 448 g/mol. The van der Waals surface area contributed by atoms with Gasteiger partial charge in [-0.1, -0.05) is 24.2 Å². The van der Waals surface area contributed by atoms with Crippen LogP contribution in [-0.2, 0) is 19.8 Å². The van der Waals surface area contributed by atoms with Crippen LogP contribution in [0.25, 0.3) is 11.5 Å².